The first kappa shape index (κ1) is 11.9. The Labute approximate surface area is 98.6 Å². The van der Waals surface area contributed by atoms with E-state index in [-0.39, 0.29) is 11.9 Å². The van der Waals surface area contributed by atoms with Crippen molar-refractivity contribution in [1.29, 1.82) is 0 Å². The van der Waals surface area contributed by atoms with Crippen molar-refractivity contribution < 1.29 is 4.79 Å². The minimum absolute atomic E-state index is 0.0937. The minimum Gasteiger partial charge on any atom is -0.344 e. The van der Waals surface area contributed by atoms with Crippen LogP contribution in [0, 0.1) is 5.41 Å². The van der Waals surface area contributed by atoms with Crippen molar-refractivity contribution in [3.63, 3.8) is 0 Å². The van der Waals surface area contributed by atoms with Crippen LogP contribution in [0.2, 0.25) is 0 Å². The molecule has 1 amide bonds. The van der Waals surface area contributed by atoms with Gasteiger partial charge in [0.2, 0.25) is 5.91 Å². The van der Waals surface area contributed by atoms with Crippen LogP contribution in [-0.2, 0) is 4.79 Å². The van der Waals surface area contributed by atoms with Crippen LogP contribution < -0.4 is 5.32 Å². The summed E-state index contributed by atoms with van der Waals surface area (Å²) in [6.07, 6.45) is 5.99. The van der Waals surface area contributed by atoms with Gasteiger partial charge < -0.3 is 10.2 Å². The van der Waals surface area contributed by atoms with Gasteiger partial charge in [-0.3, -0.25) is 4.79 Å². The maximum absolute atomic E-state index is 11.8. The summed E-state index contributed by atoms with van der Waals surface area (Å²) in [6, 6.07) is 0.657. The lowest BCUT2D eigenvalue weighted by molar-refractivity contribution is -0.128. The van der Waals surface area contributed by atoms with Gasteiger partial charge >= 0.3 is 0 Å². The Bertz CT molecular complexity index is 265. The molecule has 0 aromatic rings. The van der Waals surface area contributed by atoms with Gasteiger partial charge in [0.25, 0.3) is 0 Å². The van der Waals surface area contributed by atoms with Crippen molar-refractivity contribution in [2.24, 2.45) is 5.41 Å². The molecule has 2 aliphatic rings. The number of nitrogens with zero attached hydrogens (tertiary/aromatic N) is 1. The van der Waals surface area contributed by atoms with Crippen molar-refractivity contribution in [1.82, 2.24) is 10.2 Å². The van der Waals surface area contributed by atoms with Crippen LogP contribution >= 0.6 is 0 Å². The fourth-order valence-electron chi connectivity index (χ4n) is 2.83. The normalized spacial score (nSPS) is 31.1. The number of likely N-dealkylation sites (N-methyl/N-ethyl adjacent to an activating group) is 1. The summed E-state index contributed by atoms with van der Waals surface area (Å²) in [7, 11) is 1.90. The molecule has 0 spiro atoms. The SMILES string of the molecule is CN1CCC(NC2CCC(C)(C)CC2)C1=O. The van der Waals surface area contributed by atoms with Crippen molar-refractivity contribution in [3.05, 3.63) is 0 Å². The lowest BCUT2D eigenvalue weighted by atomic mass is 9.75. The zero-order valence-electron chi connectivity index (χ0n) is 10.8. The molecule has 1 aliphatic heterocycles. The van der Waals surface area contributed by atoms with Crippen molar-refractivity contribution in [2.75, 3.05) is 13.6 Å². The number of amides is 1. The predicted molar refractivity (Wildman–Crippen MR) is 65.2 cm³/mol. The highest BCUT2D eigenvalue weighted by molar-refractivity contribution is 5.83. The molecular formula is C13H24N2O. The Morgan fingerprint density at radius 1 is 1.25 bits per heavy atom. The average Bonchev–Trinajstić information content (AvgIpc) is 2.53. The Kier molecular flexibility index (Phi) is 3.24. The van der Waals surface area contributed by atoms with Crippen molar-refractivity contribution >= 4 is 5.91 Å². The molecular weight excluding hydrogens is 200 g/mol. The Balaban J connectivity index is 1.81. The van der Waals surface area contributed by atoms with E-state index in [1.807, 2.05) is 11.9 Å². The van der Waals surface area contributed by atoms with Gasteiger partial charge in [0.1, 0.15) is 0 Å². The Hall–Kier alpha value is -0.570. The summed E-state index contributed by atoms with van der Waals surface area (Å²) in [4.78, 5) is 13.6. The first-order chi connectivity index (χ1) is 7.48. The molecule has 16 heavy (non-hydrogen) atoms. The van der Waals surface area contributed by atoms with Crippen molar-refractivity contribution in [3.8, 4) is 0 Å². The third kappa shape index (κ3) is 2.57. The van der Waals surface area contributed by atoms with Crippen LogP contribution in [-0.4, -0.2) is 36.5 Å². The lowest BCUT2D eigenvalue weighted by Gasteiger charge is -2.35. The van der Waals surface area contributed by atoms with Crippen molar-refractivity contribution in [2.45, 2.75) is 58.0 Å². The first-order valence-electron chi connectivity index (χ1n) is 6.49. The molecule has 1 unspecified atom stereocenters. The summed E-state index contributed by atoms with van der Waals surface area (Å²) < 4.78 is 0. The monoisotopic (exact) mass is 224 g/mol. The highest BCUT2D eigenvalue weighted by atomic mass is 16.2. The predicted octanol–water partition coefficient (Wildman–Crippen LogP) is 1.78. The summed E-state index contributed by atoms with van der Waals surface area (Å²) in [6.45, 7) is 5.60. The summed E-state index contributed by atoms with van der Waals surface area (Å²) in [5.41, 5.74) is 0.509. The van der Waals surface area contributed by atoms with Gasteiger partial charge in [-0.05, 0) is 37.5 Å². The van der Waals surface area contributed by atoms with E-state index in [0.29, 0.717) is 11.5 Å². The molecule has 1 atom stereocenters. The van der Waals surface area contributed by atoms with Gasteiger partial charge in [-0.2, -0.15) is 0 Å². The zero-order valence-corrected chi connectivity index (χ0v) is 10.8. The molecule has 1 heterocycles. The molecule has 3 heteroatoms. The number of hydrogen-bond acceptors (Lipinski definition) is 2. The van der Waals surface area contributed by atoms with Crippen LogP contribution in [0.3, 0.4) is 0 Å². The fourth-order valence-corrected chi connectivity index (χ4v) is 2.83. The molecule has 2 fully saturated rings. The van der Waals surface area contributed by atoms with E-state index < -0.39 is 0 Å². The van der Waals surface area contributed by atoms with E-state index in [2.05, 4.69) is 19.2 Å². The third-order valence-electron chi connectivity index (χ3n) is 4.20. The van der Waals surface area contributed by atoms with Crippen LogP contribution in [0.25, 0.3) is 0 Å². The van der Waals surface area contributed by atoms with E-state index in [9.17, 15) is 4.79 Å². The number of hydrogen-bond donors (Lipinski definition) is 1. The van der Waals surface area contributed by atoms with Crippen LogP contribution in [0.4, 0.5) is 0 Å². The summed E-state index contributed by atoms with van der Waals surface area (Å²) in [5, 5.41) is 3.54. The van der Waals surface area contributed by atoms with Crippen LogP contribution in [0.1, 0.15) is 46.0 Å². The summed E-state index contributed by atoms with van der Waals surface area (Å²) in [5.74, 6) is 0.282. The first-order valence-corrected chi connectivity index (χ1v) is 6.49. The third-order valence-corrected chi connectivity index (χ3v) is 4.20. The molecule has 0 aromatic carbocycles. The van der Waals surface area contributed by atoms with Gasteiger partial charge in [-0.25, -0.2) is 0 Å². The molecule has 3 nitrogen and oxygen atoms in total. The molecule has 1 aliphatic carbocycles. The Morgan fingerprint density at radius 2 is 1.88 bits per heavy atom. The molecule has 0 bridgehead atoms. The zero-order chi connectivity index (χ0) is 11.8. The maximum atomic E-state index is 11.8. The maximum Gasteiger partial charge on any atom is 0.239 e. The molecule has 1 saturated heterocycles. The second-order valence-corrected chi connectivity index (χ2v) is 6.21. The number of carbonyl (C=O) groups is 1. The van der Waals surface area contributed by atoms with E-state index in [4.69, 9.17) is 0 Å². The average molecular weight is 224 g/mol. The van der Waals surface area contributed by atoms with Gasteiger partial charge in [-0.1, -0.05) is 13.8 Å². The van der Waals surface area contributed by atoms with Crippen LogP contribution in [0.15, 0.2) is 0 Å². The van der Waals surface area contributed by atoms with Gasteiger partial charge in [-0.15, -0.1) is 0 Å². The second kappa shape index (κ2) is 4.36. The van der Waals surface area contributed by atoms with Gasteiger partial charge in [0.15, 0.2) is 0 Å². The largest absolute Gasteiger partial charge is 0.344 e. The molecule has 92 valence electrons. The number of likely N-dealkylation sites (tertiary alicyclic amines) is 1. The quantitative estimate of drug-likeness (QED) is 0.775. The van der Waals surface area contributed by atoms with E-state index in [1.165, 1.54) is 25.7 Å². The van der Waals surface area contributed by atoms with E-state index in [0.717, 1.165) is 13.0 Å². The highest BCUT2D eigenvalue weighted by Gasteiger charge is 2.33. The van der Waals surface area contributed by atoms with Gasteiger partial charge in [0, 0.05) is 19.6 Å². The van der Waals surface area contributed by atoms with E-state index >= 15 is 0 Å². The highest BCUT2D eigenvalue weighted by Crippen LogP contribution is 2.35. The fraction of sp³-hybridized carbons (Fsp3) is 0.923. The molecule has 0 aromatic heterocycles. The molecule has 0 radical (unpaired) electrons. The number of rotatable bonds is 2. The second-order valence-electron chi connectivity index (χ2n) is 6.21. The number of nitrogens with one attached hydrogen (secondary N) is 1. The van der Waals surface area contributed by atoms with Crippen LogP contribution in [0.5, 0.6) is 0 Å². The standard InChI is InChI=1S/C13H24N2O/c1-13(2)7-4-10(5-8-13)14-11-6-9-15(3)12(11)16/h10-11,14H,4-9H2,1-3H3. The molecule has 1 N–H and O–H groups in total. The molecule has 1 saturated carbocycles. The lowest BCUT2D eigenvalue weighted by Crippen LogP contribution is -2.45. The summed E-state index contributed by atoms with van der Waals surface area (Å²) >= 11 is 0. The van der Waals surface area contributed by atoms with E-state index in [1.54, 1.807) is 0 Å². The minimum atomic E-state index is 0.0937. The topological polar surface area (TPSA) is 32.3 Å². The Morgan fingerprint density at radius 3 is 2.38 bits per heavy atom. The van der Waals surface area contributed by atoms with Gasteiger partial charge in [0.05, 0.1) is 6.04 Å². The molecule has 2 rings (SSSR count). The smallest absolute Gasteiger partial charge is 0.239 e. The number of carbonyl (C=O) groups excluding carboxylic acids is 1.